The van der Waals surface area contributed by atoms with Crippen LogP contribution in [0.25, 0.3) is 10.9 Å². The van der Waals surface area contributed by atoms with Crippen molar-refractivity contribution in [2.75, 3.05) is 20.1 Å². The van der Waals surface area contributed by atoms with E-state index in [1.54, 1.807) is 6.92 Å². The summed E-state index contributed by atoms with van der Waals surface area (Å²) in [4.78, 5) is 20.8. The van der Waals surface area contributed by atoms with Crippen LogP contribution < -0.4 is 0 Å². The number of amides is 1. The Kier molecular flexibility index (Phi) is 6.21. The molecule has 0 aliphatic carbocycles. The smallest absolute Gasteiger partial charge is 0.229 e. The summed E-state index contributed by atoms with van der Waals surface area (Å²) in [7, 11) is 2.06. The highest BCUT2D eigenvalue weighted by atomic mass is 16.3. The Hall–Kier alpha value is -2.63. The molecule has 1 unspecified atom stereocenters. The van der Waals surface area contributed by atoms with Gasteiger partial charge < -0.3 is 15.0 Å². The first-order valence-corrected chi connectivity index (χ1v) is 10.8. The van der Waals surface area contributed by atoms with Crippen LogP contribution >= 0.6 is 0 Å². The Morgan fingerprint density at radius 3 is 2.67 bits per heavy atom. The van der Waals surface area contributed by atoms with Gasteiger partial charge in [0, 0.05) is 42.8 Å². The number of likely N-dealkylation sites (tertiary alicyclic amines) is 1. The maximum Gasteiger partial charge on any atom is 0.229 e. The number of hydrogen-bond acceptors (Lipinski definition) is 3. The fourth-order valence-corrected chi connectivity index (χ4v) is 4.78. The molecule has 1 fully saturated rings. The van der Waals surface area contributed by atoms with Gasteiger partial charge in [-0.25, -0.2) is 0 Å². The first-order valence-electron chi connectivity index (χ1n) is 10.8. The number of hydrogen-bond donors (Lipinski definition) is 2. The number of aromatic amines is 1. The number of piperidine rings is 1. The monoisotopic (exact) mass is 405 g/mol. The third-order valence-corrected chi connectivity index (χ3v) is 6.39. The highest BCUT2D eigenvalue weighted by Gasteiger charge is 2.41. The van der Waals surface area contributed by atoms with E-state index in [0.717, 1.165) is 31.4 Å². The molecule has 0 bridgehead atoms. The molecule has 1 aliphatic rings. The molecule has 1 amide bonds. The van der Waals surface area contributed by atoms with Crippen molar-refractivity contribution in [3.05, 3.63) is 71.9 Å². The zero-order valence-electron chi connectivity index (χ0n) is 17.8. The van der Waals surface area contributed by atoms with Crippen molar-refractivity contribution in [2.45, 2.75) is 38.5 Å². The molecule has 30 heavy (non-hydrogen) atoms. The van der Waals surface area contributed by atoms with Crippen LogP contribution in [0.4, 0.5) is 0 Å². The van der Waals surface area contributed by atoms with Gasteiger partial charge in [-0.3, -0.25) is 9.69 Å². The summed E-state index contributed by atoms with van der Waals surface area (Å²) in [5.41, 5.74) is 3.58. The standard InChI is InChI=1S/C25H31N3O2/c1-18(29)24-23(27(2)17-19-8-4-3-5-9-19)13-15-28(25(24)30)14-12-20-16-26-22-11-7-6-10-21(20)22/h3-11,16,18,23-24,26,29H,12-15,17H2,1-2H3/t18?,23-,24-/m0/s1. The van der Waals surface area contributed by atoms with Crippen molar-refractivity contribution in [1.82, 2.24) is 14.8 Å². The van der Waals surface area contributed by atoms with Gasteiger partial charge in [-0.2, -0.15) is 0 Å². The summed E-state index contributed by atoms with van der Waals surface area (Å²) in [5.74, 6) is -0.323. The summed E-state index contributed by atoms with van der Waals surface area (Å²) < 4.78 is 0. The fourth-order valence-electron chi connectivity index (χ4n) is 4.78. The maximum absolute atomic E-state index is 13.3. The van der Waals surface area contributed by atoms with Gasteiger partial charge in [-0.05, 0) is 44.0 Å². The maximum atomic E-state index is 13.3. The van der Waals surface area contributed by atoms with E-state index in [-0.39, 0.29) is 11.9 Å². The highest BCUT2D eigenvalue weighted by Crippen LogP contribution is 2.28. The average molecular weight is 406 g/mol. The fraction of sp³-hybridized carbons (Fsp3) is 0.400. The van der Waals surface area contributed by atoms with Gasteiger partial charge in [0.25, 0.3) is 0 Å². The number of para-hydroxylation sites is 1. The summed E-state index contributed by atoms with van der Waals surface area (Å²) >= 11 is 0. The van der Waals surface area contributed by atoms with E-state index in [9.17, 15) is 9.90 Å². The molecule has 3 atom stereocenters. The normalized spacial score (nSPS) is 20.8. The first kappa shape index (κ1) is 20.6. The van der Waals surface area contributed by atoms with Crippen molar-refractivity contribution >= 4 is 16.8 Å². The van der Waals surface area contributed by atoms with Crippen LogP contribution in [0.5, 0.6) is 0 Å². The average Bonchev–Trinajstić information content (AvgIpc) is 3.16. The molecule has 5 heteroatoms. The lowest BCUT2D eigenvalue weighted by atomic mass is 9.85. The number of nitrogens with one attached hydrogen (secondary N) is 1. The van der Waals surface area contributed by atoms with Crippen LogP contribution in [-0.2, 0) is 17.8 Å². The molecule has 2 heterocycles. The van der Waals surface area contributed by atoms with E-state index in [1.807, 2.05) is 41.4 Å². The van der Waals surface area contributed by atoms with Gasteiger partial charge in [0.05, 0.1) is 12.0 Å². The minimum Gasteiger partial charge on any atom is -0.393 e. The molecule has 1 aromatic heterocycles. The largest absolute Gasteiger partial charge is 0.393 e. The van der Waals surface area contributed by atoms with E-state index in [4.69, 9.17) is 0 Å². The topological polar surface area (TPSA) is 59.6 Å². The minimum atomic E-state index is -0.670. The lowest BCUT2D eigenvalue weighted by molar-refractivity contribution is -0.147. The number of carbonyl (C=O) groups is 1. The van der Waals surface area contributed by atoms with Gasteiger partial charge in [0.2, 0.25) is 5.91 Å². The highest BCUT2D eigenvalue weighted by molar-refractivity contribution is 5.83. The summed E-state index contributed by atoms with van der Waals surface area (Å²) in [6, 6.07) is 18.6. The van der Waals surface area contributed by atoms with Crippen LogP contribution in [0.2, 0.25) is 0 Å². The number of aliphatic hydroxyl groups is 1. The number of carbonyl (C=O) groups excluding carboxylic acids is 1. The molecular formula is C25H31N3O2. The molecule has 4 rings (SSSR count). The van der Waals surface area contributed by atoms with Gasteiger partial charge in [0.15, 0.2) is 0 Å². The number of rotatable bonds is 7. The van der Waals surface area contributed by atoms with Crippen LogP contribution in [0.15, 0.2) is 60.8 Å². The third-order valence-electron chi connectivity index (χ3n) is 6.39. The number of fused-ring (bicyclic) bond motifs is 1. The Morgan fingerprint density at radius 2 is 1.90 bits per heavy atom. The second-order valence-corrected chi connectivity index (χ2v) is 8.46. The van der Waals surface area contributed by atoms with Gasteiger partial charge >= 0.3 is 0 Å². The predicted octanol–water partition coefficient (Wildman–Crippen LogP) is 3.44. The summed E-state index contributed by atoms with van der Waals surface area (Å²) in [6.07, 6.45) is 3.06. The molecule has 2 aromatic carbocycles. The molecule has 1 saturated heterocycles. The van der Waals surface area contributed by atoms with Crippen LogP contribution in [0, 0.1) is 5.92 Å². The Bertz CT molecular complexity index is 982. The molecule has 158 valence electrons. The second-order valence-electron chi connectivity index (χ2n) is 8.46. The Labute approximate surface area is 178 Å². The molecule has 3 aromatic rings. The van der Waals surface area contributed by atoms with Gasteiger partial charge in [-0.15, -0.1) is 0 Å². The number of H-pyrrole nitrogens is 1. The molecular weight excluding hydrogens is 374 g/mol. The predicted molar refractivity (Wildman–Crippen MR) is 120 cm³/mol. The summed E-state index contributed by atoms with van der Waals surface area (Å²) in [5, 5.41) is 11.7. The van der Waals surface area contributed by atoms with Crippen molar-refractivity contribution in [3.8, 4) is 0 Å². The molecule has 2 N–H and O–H groups in total. The van der Waals surface area contributed by atoms with E-state index in [0.29, 0.717) is 6.54 Å². The summed E-state index contributed by atoms with van der Waals surface area (Å²) in [6.45, 7) is 3.93. The molecule has 5 nitrogen and oxygen atoms in total. The van der Waals surface area contributed by atoms with E-state index in [1.165, 1.54) is 16.5 Å². The SMILES string of the molecule is CC(O)[C@@H]1C(=O)N(CCc2c[nH]c3ccccc23)CC[C@@H]1N(C)Cc1ccccc1. The van der Waals surface area contributed by atoms with Crippen molar-refractivity contribution < 1.29 is 9.90 Å². The molecule has 0 radical (unpaired) electrons. The van der Waals surface area contributed by atoms with Crippen molar-refractivity contribution in [3.63, 3.8) is 0 Å². The van der Waals surface area contributed by atoms with Crippen molar-refractivity contribution in [2.24, 2.45) is 5.92 Å². The lowest BCUT2D eigenvalue weighted by Gasteiger charge is -2.43. The van der Waals surface area contributed by atoms with Crippen LogP contribution in [-0.4, -0.2) is 58.1 Å². The van der Waals surface area contributed by atoms with Crippen molar-refractivity contribution in [1.29, 1.82) is 0 Å². The number of benzene rings is 2. The third kappa shape index (κ3) is 4.27. The van der Waals surface area contributed by atoms with E-state index in [2.05, 4.69) is 41.2 Å². The molecule has 0 spiro atoms. The number of nitrogens with zero attached hydrogens (tertiary/aromatic N) is 2. The number of aliphatic hydroxyl groups excluding tert-OH is 1. The second kappa shape index (κ2) is 9.02. The lowest BCUT2D eigenvalue weighted by Crippen LogP contribution is -2.56. The quantitative estimate of drug-likeness (QED) is 0.633. The molecule has 1 aliphatic heterocycles. The Morgan fingerprint density at radius 1 is 1.17 bits per heavy atom. The van der Waals surface area contributed by atoms with Gasteiger partial charge in [0.1, 0.15) is 0 Å². The van der Waals surface area contributed by atoms with E-state index < -0.39 is 12.0 Å². The zero-order chi connectivity index (χ0) is 21.1. The zero-order valence-corrected chi connectivity index (χ0v) is 17.8. The minimum absolute atomic E-state index is 0.0436. The van der Waals surface area contributed by atoms with Crippen LogP contribution in [0.3, 0.4) is 0 Å². The number of aromatic nitrogens is 1. The van der Waals surface area contributed by atoms with Gasteiger partial charge in [-0.1, -0.05) is 48.5 Å². The van der Waals surface area contributed by atoms with E-state index >= 15 is 0 Å². The Balaban J connectivity index is 1.43. The van der Waals surface area contributed by atoms with Crippen LogP contribution in [0.1, 0.15) is 24.5 Å². The first-order chi connectivity index (χ1) is 14.5. The molecule has 0 saturated carbocycles.